The zero-order chi connectivity index (χ0) is 17.3. The van der Waals surface area contributed by atoms with Gasteiger partial charge >= 0.3 is 0 Å². The van der Waals surface area contributed by atoms with Crippen LogP contribution in [0, 0.1) is 11.3 Å². The highest BCUT2D eigenvalue weighted by molar-refractivity contribution is 6.41. The van der Waals surface area contributed by atoms with Gasteiger partial charge in [0, 0.05) is 24.4 Å². The Morgan fingerprint density at radius 2 is 1.70 bits per heavy atom. The predicted molar refractivity (Wildman–Crippen MR) is 87.6 cm³/mol. The molecule has 0 aliphatic rings. The Kier molecular flexibility index (Phi) is 4.95. The minimum atomic E-state index is -0.569. The van der Waals surface area contributed by atoms with Gasteiger partial charge in [-0.05, 0) is 12.1 Å². The first-order chi connectivity index (χ1) is 10.8. The van der Waals surface area contributed by atoms with E-state index < -0.39 is 11.8 Å². The number of H-pyrrole nitrogens is 1. The zero-order valence-corrected chi connectivity index (χ0v) is 14.2. The van der Waals surface area contributed by atoms with Crippen LogP contribution in [0.3, 0.4) is 0 Å². The van der Waals surface area contributed by atoms with E-state index in [0.717, 1.165) is 4.90 Å². The van der Waals surface area contributed by atoms with Gasteiger partial charge in [-0.3, -0.25) is 14.7 Å². The van der Waals surface area contributed by atoms with Gasteiger partial charge in [0.2, 0.25) is 11.8 Å². The third-order valence-corrected chi connectivity index (χ3v) is 3.77. The molecular weight excluding hydrogens is 363 g/mol. The Bertz CT molecular complexity index is 817. The molecule has 6 nitrogen and oxygen atoms in total. The summed E-state index contributed by atoms with van der Waals surface area (Å²) in [6, 6.07) is 4.83. The smallest absolute Gasteiger partial charge is 0.231 e. The van der Waals surface area contributed by atoms with Crippen molar-refractivity contribution < 1.29 is 9.59 Å². The van der Waals surface area contributed by atoms with Crippen molar-refractivity contribution >= 4 is 52.4 Å². The fraction of sp³-hybridized carbons (Fsp3) is 0.143. The summed E-state index contributed by atoms with van der Waals surface area (Å²) in [4.78, 5) is 24.1. The van der Waals surface area contributed by atoms with Gasteiger partial charge in [-0.15, -0.1) is 0 Å². The van der Waals surface area contributed by atoms with Crippen LogP contribution in [0.25, 0.3) is 11.3 Å². The number of nitrogens with one attached hydrogen (secondary N) is 1. The Morgan fingerprint density at radius 3 is 2.13 bits per heavy atom. The lowest BCUT2D eigenvalue weighted by molar-refractivity contribution is -0.124. The zero-order valence-electron chi connectivity index (χ0n) is 11.9. The lowest BCUT2D eigenvalue weighted by Crippen LogP contribution is -2.34. The van der Waals surface area contributed by atoms with E-state index in [-0.39, 0.29) is 27.1 Å². The van der Waals surface area contributed by atoms with E-state index in [1.807, 2.05) is 6.07 Å². The van der Waals surface area contributed by atoms with Crippen LogP contribution in [0.5, 0.6) is 0 Å². The Labute approximate surface area is 146 Å². The molecule has 9 heteroatoms. The first-order valence-electron chi connectivity index (χ1n) is 6.22. The number of carbonyl (C=O) groups excluding carboxylic acids is 2. The Hall–Kier alpha value is -2.07. The monoisotopic (exact) mass is 370 g/mol. The van der Waals surface area contributed by atoms with Crippen molar-refractivity contribution in [2.75, 3.05) is 4.90 Å². The van der Waals surface area contributed by atoms with Crippen LogP contribution < -0.4 is 4.90 Å². The molecule has 2 rings (SSSR count). The maximum absolute atomic E-state index is 11.7. The molecule has 1 N–H and O–H groups in total. The molecule has 23 heavy (non-hydrogen) atoms. The van der Waals surface area contributed by atoms with E-state index in [9.17, 15) is 14.9 Å². The molecule has 1 aromatic carbocycles. The second kappa shape index (κ2) is 6.59. The second-order valence-corrected chi connectivity index (χ2v) is 5.78. The minimum absolute atomic E-state index is 0.0264. The summed E-state index contributed by atoms with van der Waals surface area (Å²) in [6.07, 6.45) is 0. The van der Waals surface area contributed by atoms with E-state index in [4.69, 9.17) is 34.8 Å². The van der Waals surface area contributed by atoms with Crippen molar-refractivity contribution in [1.29, 1.82) is 5.26 Å². The highest BCUT2D eigenvalue weighted by Gasteiger charge is 2.27. The lowest BCUT2D eigenvalue weighted by Gasteiger charge is -2.14. The maximum atomic E-state index is 11.7. The van der Waals surface area contributed by atoms with Gasteiger partial charge < -0.3 is 0 Å². The van der Waals surface area contributed by atoms with Gasteiger partial charge in [-0.25, -0.2) is 4.90 Å². The number of aromatic amines is 1. The van der Waals surface area contributed by atoms with Crippen molar-refractivity contribution in [3.8, 4) is 17.3 Å². The number of rotatable bonds is 2. The van der Waals surface area contributed by atoms with E-state index in [1.54, 1.807) is 0 Å². The molecule has 0 aliphatic carbocycles. The first kappa shape index (κ1) is 17.3. The predicted octanol–water partition coefficient (Wildman–Crippen LogP) is 3.81. The van der Waals surface area contributed by atoms with Crippen LogP contribution in [0.1, 0.15) is 19.4 Å². The van der Waals surface area contributed by atoms with Crippen molar-refractivity contribution in [2.24, 2.45) is 0 Å². The third-order valence-electron chi connectivity index (χ3n) is 2.96. The van der Waals surface area contributed by atoms with Crippen molar-refractivity contribution in [1.82, 2.24) is 10.2 Å². The van der Waals surface area contributed by atoms with Crippen molar-refractivity contribution in [3.63, 3.8) is 0 Å². The molecule has 0 saturated heterocycles. The molecule has 0 aliphatic heterocycles. The Balaban J connectivity index is 2.72. The van der Waals surface area contributed by atoms with Crippen LogP contribution in [0.4, 0.5) is 5.82 Å². The van der Waals surface area contributed by atoms with Crippen molar-refractivity contribution in [2.45, 2.75) is 13.8 Å². The summed E-state index contributed by atoms with van der Waals surface area (Å²) in [5.41, 5.74) is 0.475. The standard InChI is InChI=1S/C14H9Cl3N4O2/c1-6(22)21(7(2)23)14-9(5-18)13(19-20-14)12-10(16)3-8(15)4-11(12)17/h3-4H,1-2H3,(H,19,20). The molecular formula is C14H9Cl3N4O2. The maximum Gasteiger partial charge on any atom is 0.231 e. The fourth-order valence-corrected chi connectivity index (χ4v) is 3.09. The van der Waals surface area contributed by atoms with Gasteiger partial charge in [-0.2, -0.15) is 10.4 Å². The van der Waals surface area contributed by atoms with Crippen LogP contribution >= 0.6 is 34.8 Å². The molecule has 2 amide bonds. The molecule has 0 bridgehead atoms. The number of carbonyl (C=O) groups is 2. The second-order valence-electron chi connectivity index (χ2n) is 4.53. The average Bonchev–Trinajstić information content (AvgIpc) is 2.80. The molecule has 0 unspecified atom stereocenters. The number of imide groups is 1. The van der Waals surface area contributed by atoms with E-state index in [0.29, 0.717) is 10.6 Å². The summed E-state index contributed by atoms with van der Waals surface area (Å²) >= 11 is 18.1. The molecule has 1 heterocycles. The van der Waals surface area contributed by atoms with Crippen LogP contribution in [-0.2, 0) is 9.59 Å². The van der Waals surface area contributed by atoms with Gasteiger partial charge in [0.1, 0.15) is 11.6 Å². The number of benzene rings is 1. The van der Waals surface area contributed by atoms with Gasteiger partial charge in [0.15, 0.2) is 5.82 Å². The number of hydrogen-bond donors (Lipinski definition) is 1. The quantitative estimate of drug-likeness (QED) is 0.869. The molecule has 1 aromatic heterocycles. The number of nitrogens with zero attached hydrogens (tertiary/aromatic N) is 3. The van der Waals surface area contributed by atoms with Crippen LogP contribution in [-0.4, -0.2) is 22.0 Å². The topological polar surface area (TPSA) is 89.8 Å². The fourth-order valence-electron chi connectivity index (χ4n) is 2.08. The molecule has 0 fully saturated rings. The molecule has 118 valence electrons. The SMILES string of the molecule is CC(=O)N(C(C)=O)c1n[nH]c(-c2c(Cl)cc(Cl)cc2Cl)c1C#N. The minimum Gasteiger partial charge on any atom is -0.274 e. The molecule has 0 spiro atoms. The summed E-state index contributed by atoms with van der Waals surface area (Å²) in [7, 11) is 0. The molecule has 0 saturated carbocycles. The number of halogens is 3. The largest absolute Gasteiger partial charge is 0.274 e. The van der Waals surface area contributed by atoms with Gasteiger partial charge in [0.25, 0.3) is 0 Å². The molecule has 0 radical (unpaired) electrons. The number of anilines is 1. The highest BCUT2D eigenvalue weighted by Crippen LogP contribution is 2.39. The first-order valence-corrected chi connectivity index (χ1v) is 7.36. The number of aromatic nitrogens is 2. The molecule has 0 atom stereocenters. The highest BCUT2D eigenvalue weighted by atomic mass is 35.5. The Morgan fingerprint density at radius 1 is 1.17 bits per heavy atom. The third kappa shape index (κ3) is 3.17. The summed E-state index contributed by atoms with van der Waals surface area (Å²) in [6.45, 7) is 2.39. The van der Waals surface area contributed by atoms with Gasteiger partial charge in [-0.1, -0.05) is 34.8 Å². The average molecular weight is 372 g/mol. The lowest BCUT2D eigenvalue weighted by atomic mass is 10.1. The number of hydrogen-bond acceptors (Lipinski definition) is 4. The summed E-state index contributed by atoms with van der Waals surface area (Å²) < 4.78 is 0. The normalized spacial score (nSPS) is 10.3. The van der Waals surface area contributed by atoms with Gasteiger partial charge in [0.05, 0.1) is 15.7 Å². The van der Waals surface area contributed by atoms with E-state index in [2.05, 4.69) is 10.2 Å². The van der Waals surface area contributed by atoms with E-state index >= 15 is 0 Å². The van der Waals surface area contributed by atoms with Crippen LogP contribution in [0.2, 0.25) is 15.1 Å². The number of amides is 2. The molecule has 2 aromatic rings. The van der Waals surface area contributed by atoms with Crippen LogP contribution in [0.15, 0.2) is 12.1 Å². The van der Waals surface area contributed by atoms with Crippen molar-refractivity contribution in [3.05, 3.63) is 32.8 Å². The van der Waals surface area contributed by atoms with E-state index in [1.165, 1.54) is 26.0 Å². The summed E-state index contributed by atoms with van der Waals surface area (Å²) in [5.74, 6) is -1.25. The number of nitriles is 1. The summed E-state index contributed by atoms with van der Waals surface area (Å²) in [5, 5.41) is 16.7.